The van der Waals surface area contributed by atoms with Crippen LogP contribution in [0.4, 0.5) is 0 Å². The van der Waals surface area contributed by atoms with Crippen molar-refractivity contribution in [3.05, 3.63) is 39.7 Å². The summed E-state index contributed by atoms with van der Waals surface area (Å²) in [6, 6.07) is 0. The molecule has 0 saturated heterocycles. The predicted molar refractivity (Wildman–Crippen MR) is 112 cm³/mol. The zero-order chi connectivity index (χ0) is 14.6. The number of unbranched alkanes of at least 4 members (excludes halogenated alkanes) is 11. The normalized spacial score (nSPS) is 8.27. The van der Waals surface area contributed by atoms with Crippen molar-refractivity contribution in [3.63, 3.8) is 0 Å². The second-order valence-electron chi connectivity index (χ2n) is 5.19. The topological polar surface area (TPSA) is 0 Å². The molecule has 2 heteroatoms. The first-order valence-corrected chi connectivity index (χ1v) is 8.34. The number of hydrogen-bond acceptors (Lipinski definition) is 0. The molecule has 126 valence electrons. The van der Waals surface area contributed by atoms with E-state index in [1.54, 1.807) is 0 Å². The molecule has 0 radical (unpaired) electrons. The molecule has 0 amide bonds. The molecular formula is C20H42Mg2. The van der Waals surface area contributed by atoms with Gasteiger partial charge in [0.05, 0.1) is 0 Å². The van der Waals surface area contributed by atoms with Gasteiger partial charge in [-0.05, 0) is 25.7 Å². The van der Waals surface area contributed by atoms with E-state index in [2.05, 4.69) is 27.0 Å². The van der Waals surface area contributed by atoms with E-state index in [-0.39, 0.29) is 56.4 Å². The van der Waals surface area contributed by atoms with Crippen LogP contribution < -0.4 is 0 Å². The average Bonchev–Trinajstić information content (AvgIpc) is 2.43. The fourth-order valence-corrected chi connectivity index (χ4v) is 1.89. The Labute approximate surface area is 178 Å². The van der Waals surface area contributed by atoms with Gasteiger partial charge in [-0.25, -0.2) is 0 Å². The predicted octanol–water partition coefficient (Wildman–Crippen LogP) is 7.18. The van der Waals surface area contributed by atoms with Crippen molar-refractivity contribution >= 4 is 46.1 Å². The molecule has 0 rings (SSSR count). The number of allylic oxidation sites excluding steroid dienone is 2. The summed E-state index contributed by atoms with van der Waals surface area (Å²) in [5, 5.41) is 0. The van der Waals surface area contributed by atoms with Crippen molar-refractivity contribution in [2.24, 2.45) is 0 Å². The summed E-state index contributed by atoms with van der Waals surface area (Å²) in [5.74, 6) is 0. The summed E-state index contributed by atoms with van der Waals surface area (Å²) in [5.41, 5.74) is 0. The minimum atomic E-state index is 0. The van der Waals surface area contributed by atoms with Crippen molar-refractivity contribution in [1.29, 1.82) is 0 Å². The summed E-state index contributed by atoms with van der Waals surface area (Å²) >= 11 is 0. The number of rotatable bonds is 13. The van der Waals surface area contributed by atoms with Crippen molar-refractivity contribution in [2.45, 2.75) is 90.4 Å². The van der Waals surface area contributed by atoms with Crippen LogP contribution in [0.15, 0.2) is 25.3 Å². The van der Waals surface area contributed by atoms with Crippen molar-refractivity contribution < 1.29 is 2.85 Å². The van der Waals surface area contributed by atoms with Crippen LogP contribution in [-0.2, 0) is 0 Å². The Kier molecular flexibility index (Phi) is 59.2. The molecule has 0 aromatic heterocycles. The van der Waals surface area contributed by atoms with Gasteiger partial charge in [0.1, 0.15) is 0 Å². The molecule has 0 aliphatic heterocycles. The molecule has 0 spiro atoms. The molecule has 0 unspecified atom stereocenters. The van der Waals surface area contributed by atoms with E-state index in [4.69, 9.17) is 0 Å². The maximum Gasteiger partial charge on any atom is 2.00 e. The van der Waals surface area contributed by atoms with Gasteiger partial charge in [0.25, 0.3) is 0 Å². The monoisotopic (exact) mass is 330 g/mol. The molecule has 22 heavy (non-hydrogen) atoms. The summed E-state index contributed by atoms with van der Waals surface area (Å²) in [6.45, 7) is 13.4. The largest absolute Gasteiger partial charge is 2.00 e. The summed E-state index contributed by atoms with van der Waals surface area (Å²) in [7, 11) is 0. The summed E-state index contributed by atoms with van der Waals surface area (Å²) < 4.78 is 0. The van der Waals surface area contributed by atoms with E-state index in [0.29, 0.717) is 0 Å². The van der Waals surface area contributed by atoms with Gasteiger partial charge in [0.15, 0.2) is 0 Å². The first-order valence-electron chi connectivity index (χ1n) is 8.34. The van der Waals surface area contributed by atoms with E-state index in [0.717, 1.165) is 6.42 Å². The van der Waals surface area contributed by atoms with Crippen molar-refractivity contribution in [3.8, 4) is 0 Å². The maximum absolute atomic E-state index is 3.78. The first kappa shape index (κ1) is 34.4. The summed E-state index contributed by atoms with van der Waals surface area (Å²) in [4.78, 5) is 0. The SMILES string of the molecule is C=CCCCCCCCC.C=CCCCCCC[CH2-].[CH3-].[H-].[H-].[Mg+2].[Mg+2]. The van der Waals surface area contributed by atoms with E-state index in [9.17, 15) is 0 Å². The fraction of sp³-hybridized carbons (Fsp3) is 0.700. The van der Waals surface area contributed by atoms with Crippen LogP contribution in [0, 0.1) is 14.4 Å². The number of hydrogen-bond donors (Lipinski definition) is 0. The molecule has 0 aromatic rings. The zero-order valence-corrected chi connectivity index (χ0v) is 18.7. The third-order valence-corrected chi connectivity index (χ3v) is 3.17. The fourth-order valence-electron chi connectivity index (χ4n) is 1.89. The molecule has 0 aliphatic carbocycles. The van der Waals surface area contributed by atoms with Gasteiger partial charge in [0.2, 0.25) is 0 Å². The van der Waals surface area contributed by atoms with Crippen LogP contribution in [0.2, 0.25) is 0 Å². The van der Waals surface area contributed by atoms with Crippen molar-refractivity contribution in [2.75, 3.05) is 0 Å². The molecule has 0 heterocycles. The average molecular weight is 331 g/mol. The Morgan fingerprint density at radius 2 is 1.09 bits per heavy atom. The molecule has 0 N–H and O–H groups in total. The molecule has 0 fully saturated rings. The Bertz CT molecular complexity index is 177. The smallest absolute Gasteiger partial charge is 1.00 e. The van der Waals surface area contributed by atoms with E-state index in [1.807, 2.05) is 12.2 Å². The van der Waals surface area contributed by atoms with Gasteiger partial charge < -0.3 is 17.2 Å². The minimum Gasteiger partial charge on any atom is -1.00 e. The van der Waals surface area contributed by atoms with Crippen LogP contribution in [0.5, 0.6) is 0 Å². The van der Waals surface area contributed by atoms with Gasteiger partial charge in [-0.1, -0.05) is 70.4 Å². The molecule has 0 aliphatic rings. The van der Waals surface area contributed by atoms with Crippen LogP contribution in [0.1, 0.15) is 93.2 Å². The second kappa shape index (κ2) is 37.9. The molecule has 0 atom stereocenters. The van der Waals surface area contributed by atoms with E-state index in [1.165, 1.54) is 77.0 Å². The maximum atomic E-state index is 3.78. The first-order chi connectivity index (χ1) is 9.33. The van der Waals surface area contributed by atoms with Crippen LogP contribution >= 0.6 is 0 Å². The van der Waals surface area contributed by atoms with Gasteiger partial charge in [-0.3, -0.25) is 0 Å². The summed E-state index contributed by atoms with van der Waals surface area (Å²) in [6.07, 6.45) is 21.1. The van der Waals surface area contributed by atoms with Gasteiger partial charge in [0, 0.05) is 0 Å². The Morgan fingerprint density at radius 1 is 0.727 bits per heavy atom. The Hall–Kier alpha value is 1.01. The molecule has 0 bridgehead atoms. The third kappa shape index (κ3) is 42.9. The quantitative estimate of drug-likeness (QED) is 0.145. The Balaban J connectivity index is -0.0000000400. The van der Waals surface area contributed by atoms with Crippen LogP contribution in [0.25, 0.3) is 0 Å². The van der Waals surface area contributed by atoms with Crippen LogP contribution in [-0.4, -0.2) is 46.1 Å². The van der Waals surface area contributed by atoms with Gasteiger partial charge >= 0.3 is 46.1 Å². The molecule has 0 saturated carbocycles. The minimum absolute atomic E-state index is 0. The molecule has 0 aromatic carbocycles. The second-order valence-corrected chi connectivity index (χ2v) is 5.19. The molecule has 0 nitrogen and oxygen atoms in total. The zero-order valence-electron chi connectivity index (χ0n) is 17.9. The van der Waals surface area contributed by atoms with E-state index < -0.39 is 0 Å². The van der Waals surface area contributed by atoms with Gasteiger partial charge in [-0.2, -0.15) is 6.42 Å². The van der Waals surface area contributed by atoms with Crippen molar-refractivity contribution in [1.82, 2.24) is 0 Å². The van der Waals surface area contributed by atoms with E-state index >= 15 is 0 Å². The standard InChI is InChI=1S/C10H20.C9H17.CH3.2Mg.2H/c1-3-5-7-9-10-8-6-4-2;1-3-5-7-9-8-6-4-2;;;;;/h3H,1,4-10H2,2H3;3H,1-2,4-9H2;1H3;;;;/q;2*-1;2*+2;2*-1. The third-order valence-electron chi connectivity index (χ3n) is 3.17. The van der Waals surface area contributed by atoms with Gasteiger partial charge in [-0.15, -0.1) is 13.2 Å². The Morgan fingerprint density at radius 3 is 1.45 bits per heavy atom. The van der Waals surface area contributed by atoms with Crippen LogP contribution in [0.3, 0.4) is 0 Å². The molecular weight excluding hydrogens is 289 g/mol.